The first-order valence-electron chi connectivity index (χ1n) is 13.7. The van der Waals surface area contributed by atoms with Crippen LogP contribution in [-0.2, 0) is 20.9 Å². The lowest BCUT2D eigenvalue weighted by molar-refractivity contribution is -0.150. The first-order valence-corrected chi connectivity index (χ1v) is 13.7. The van der Waals surface area contributed by atoms with Crippen molar-refractivity contribution in [1.29, 1.82) is 0 Å². The van der Waals surface area contributed by atoms with Gasteiger partial charge in [-0.25, -0.2) is 9.79 Å². The molecule has 0 radical (unpaired) electrons. The molecule has 8 heteroatoms. The van der Waals surface area contributed by atoms with Crippen LogP contribution in [0, 0.1) is 11.8 Å². The van der Waals surface area contributed by atoms with E-state index in [0.717, 1.165) is 49.2 Å². The number of fused-ring (bicyclic) bond motifs is 1. The summed E-state index contributed by atoms with van der Waals surface area (Å²) in [5.41, 5.74) is 8.11. The minimum Gasteiger partial charge on any atom is -0.494 e. The Labute approximate surface area is 215 Å². The van der Waals surface area contributed by atoms with Gasteiger partial charge in [0.1, 0.15) is 11.8 Å². The molecule has 1 aromatic carbocycles. The van der Waals surface area contributed by atoms with Crippen molar-refractivity contribution in [3.8, 4) is 5.75 Å². The molecule has 1 heterocycles. The van der Waals surface area contributed by atoms with Crippen LogP contribution >= 0.6 is 0 Å². The molecule has 1 amide bonds. The summed E-state index contributed by atoms with van der Waals surface area (Å²) in [5, 5.41) is 0. The third-order valence-corrected chi connectivity index (χ3v) is 7.87. The summed E-state index contributed by atoms with van der Waals surface area (Å²) in [4.78, 5) is 33.8. The maximum absolute atomic E-state index is 12.9. The molecule has 36 heavy (non-hydrogen) atoms. The molecule has 2 N–H and O–H groups in total. The Morgan fingerprint density at radius 2 is 1.89 bits per heavy atom. The summed E-state index contributed by atoms with van der Waals surface area (Å²) in [7, 11) is 1.91. The minimum atomic E-state index is -0.416. The number of nitrogens with zero attached hydrogens (tertiary/aromatic N) is 3. The largest absolute Gasteiger partial charge is 0.494 e. The van der Waals surface area contributed by atoms with E-state index < -0.39 is 6.04 Å². The second-order valence-corrected chi connectivity index (χ2v) is 10.5. The number of hydrogen-bond acceptors (Lipinski definition) is 7. The van der Waals surface area contributed by atoms with Crippen LogP contribution in [0.5, 0.6) is 5.75 Å². The van der Waals surface area contributed by atoms with Gasteiger partial charge in [0, 0.05) is 32.1 Å². The number of esters is 1. The lowest BCUT2D eigenvalue weighted by Gasteiger charge is -2.37. The first-order chi connectivity index (χ1) is 17.5. The van der Waals surface area contributed by atoms with Crippen LogP contribution in [-0.4, -0.2) is 60.5 Å². The zero-order valence-electron chi connectivity index (χ0n) is 21.9. The standard InChI is InChI=1S/C28H42N4O4/c1-3-35-27(34)26(21-11-6-7-12-21)32-19-22-17-23(14-15-24(22)30-28(32)29)36-16-8-13-25(33)31(2)18-20-9-4-5-10-20/h14-15,17,20-21,26H,3-13,16,18-19H2,1-2H3,(H2,29,30). The van der Waals surface area contributed by atoms with Crippen LogP contribution in [0.1, 0.15) is 76.7 Å². The van der Waals surface area contributed by atoms with Gasteiger partial charge in [0.2, 0.25) is 5.91 Å². The average Bonchev–Trinajstić information content (AvgIpc) is 3.57. The Morgan fingerprint density at radius 1 is 1.17 bits per heavy atom. The molecular weight excluding hydrogens is 456 g/mol. The van der Waals surface area contributed by atoms with E-state index in [1.54, 1.807) is 0 Å². The smallest absolute Gasteiger partial charge is 0.329 e. The quantitative estimate of drug-likeness (QED) is 0.359. The van der Waals surface area contributed by atoms with Crippen LogP contribution in [0.25, 0.3) is 0 Å². The number of nitrogens with two attached hydrogens (primary N) is 1. The Bertz CT molecular complexity index is 937. The molecular formula is C28H42N4O4. The van der Waals surface area contributed by atoms with E-state index in [2.05, 4.69) is 4.99 Å². The van der Waals surface area contributed by atoms with Gasteiger partial charge in [0.05, 0.1) is 18.9 Å². The number of carbonyl (C=O) groups excluding carboxylic acids is 2. The molecule has 2 saturated carbocycles. The number of ether oxygens (including phenoxy) is 2. The van der Waals surface area contributed by atoms with Gasteiger partial charge in [0.15, 0.2) is 5.96 Å². The average molecular weight is 499 g/mol. The van der Waals surface area contributed by atoms with Gasteiger partial charge in [-0.3, -0.25) is 4.79 Å². The molecule has 2 fully saturated rings. The summed E-state index contributed by atoms with van der Waals surface area (Å²) in [6.45, 7) is 4.02. The fraction of sp³-hybridized carbons (Fsp3) is 0.679. The van der Waals surface area contributed by atoms with Gasteiger partial charge >= 0.3 is 5.97 Å². The summed E-state index contributed by atoms with van der Waals surface area (Å²) in [6.07, 6.45) is 10.5. The topological polar surface area (TPSA) is 97.5 Å². The maximum atomic E-state index is 12.9. The predicted molar refractivity (Wildman–Crippen MR) is 140 cm³/mol. The molecule has 1 unspecified atom stereocenters. The van der Waals surface area contributed by atoms with Crippen molar-refractivity contribution in [2.75, 3.05) is 26.8 Å². The Kier molecular flexibility index (Phi) is 9.10. The number of hydrogen-bond donors (Lipinski definition) is 1. The lowest BCUT2D eigenvalue weighted by Crippen LogP contribution is -2.52. The van der Waals surface area contributed by atoms with E-state index in [1.807, 2.05) is 42.0 Å². The van der Waals surface area contributed by atoms with Crippen LogP contribution in [0.3, 0.4) is 0 Å². The normalized spacial score (nSPS) is 19.1. The Balaban J connectivity index is 1.32. The second-order valence-electron chi connectivity index (χ2n) is 10.5. The van der Waals surface area contributed by atoms with Gasteiger partial charge in [-0.05, 0) is 69.1 Å². The Hall–Kier alpha value is -2.77. The number of aliphatic imine (C=N–C) groups is 1. The molecule has 0 bridgehead atoms. The highest BCUT2D eigenvalue weighted by atomic mass is 16.5. The lowest BCUT2D eigenvalue weighted by atomic mass is 9.95. The van der Waals surface area contributed by atoms with Crippen molar-refractivity contribution in [3.05, 3.63) is 23.8 Å². The molecule has 8 nitrogen and oxygen atoms in total. The van der Waals surface area contributed by atoms with E-state index >= 15 is 0 Å². The molecule has 1 atom stereocenters. The van der Waals surface area contributed by atoms with Gasteiger partial charge in [-0.15, -0.1) is 0 Å². The van der Waals surface area contributed by atoms with Crippen LogP contribution in [0.4, 0.5) is 5.69 Å². The monoisotopic (exact) mass is 498 g/mol. The van der Waals surface area contributed by atoms with E-state index in [0.29, 0.717) is 44.5 Å². The number of carbonyl (C=O) groups is 2. The number of rotatable bonds is 11. The zero-order valence-corrected chi connectivity index (χ0v) is 21.9. The highest BCUT2D eigenvalue weighted by Gasteiger charge is 2.39. The van der Waals surface area contributed by atoms with E-state index in [1.165, 1.54) is 25.7 Å². The Morgan fingerprint density at radius 3 is 2.61 bits per heavy atom. The van der Waals surface area contributed by atoms with Crippen molar-refractivity contribution in [1.82, 2.24) is 9.80 Å². The summed E-state index contributed by atoms with van der Waals surface area (Å²) < 4.78 is 11.4. The fourth-order valence-electron chi connectivity index (χ4n) is 5.94. The van der Waals surface area contributed by atoms with Crippen molar-refractivity contribution >= 4 is 23.5 Å². The molecule has 1 aromatic rings. The summed E-state index contributed by atoms with van der Waals surface area (Å²) in [5.74, 6) is 1.96. The second kappa shape index (κ2) is 12.5. The van der Waals surface area contributed by atoms with Crippen LogP contribution in [0.2, 0.25) is 0 Å². The van der Waals surface area contributed by atoms with Crippen LogP contribution in [0.15, 0.2) is 23.2 Å². The molecule has 0 aromatic heterocycles. The van der Waals surface area contributed by atoms with E-state index in [-0.39, 0.29) is 17.8 Å². The molecule has 0 spiro atoms. The number of amides is 1. The molecule has 3 aliphatic rings. The highest BCUT2D eigenvalue weighted by Crippen LogP contribution is 2.36. The molecule has 1 aliphatic heterocycles. The van der Waals surface area contributed by atoms with Crippen LogP contribution < -0.4 is 10.5 Å². The predicted octanol–water partition coefficient (Wildman–Crippen LogP) is 4.38. The SMILES string of the molecule is CCOC(=O)C(C1CCCC1)N1Cc2cc(OCCCC(=O)N(C)CC3CCCC3)ccc2N=C1N. The van der Waals surface area contributed by atoms with Crippen molar-refractivity contribution in [3.63, 3.8) is 0 Å². The minimum absolute atomic E-state index is 0.188. The zero-order chi connectivity index (χ0) is 25.5. The van der Waals surface area contributed by atoms with Gasteiger partial charge < -0.3 is 25.0 Å². The number of benzene rings is 1. The summed E-state index contributed by atoms with van der Waals surface area (Å²) >= 11 is 0. The van der Waals surface area contributed by atoms with Crippen molar-refractivity contribution in [2.24, 2.45) is 22.6 Å². The maximum Gasteiger partial charge on any atom is 0.329 e. The fourth-order valence-corrected chi connectivity index (χ4v) is 5.94. The first kappa shape index (κ1) is 26.3. The summed E-state index contributed by atoms with van der Waals surface area (Å²) in [6, 6.07) is 5.35. The van der Waals surface area contributed by atoms with Gasteiger partial charge in [-0.1, -0.05) is 25.7 Å². The molecule has 198 valence electrons. The van der Waals surface area contributed by atoms with Gasteiger partial charge in [0.25, 0.3) is 0 Å². The van der Waals surface area contributed by atoms with E-state index in [9.17, 15) is 9.59 Å². The van der Waals surface area contributed by atoms with E-state index in [4.69, 9.17) is 15.2 Å². The third kappa shape index (κ3) is 6.51. The van der Waals surface area contributed by atoms with Crippen molar-refractivity contribution in [2.45, 2.75) is 83.7 Å². The highest BCUT2D eigenvalue weighted by molar-refractivity contribution is 5.89. The molecule has 2 aliphatic carbocycles. The molecule has 0 saturated heterocycles. The third-order valence-electron chi connectivity index (χ3n) is 7.87. The molecule has 4 rings (SSSR count). The van der Waals surface area contributed by atoms with Gasteiger partial charge in [-0.2, -0.15) is 0 Å². The van der Waals surface area contributed by atoms with Crippen molar-refractivity contribution < 1.29 is 19.1 Å². The number of guanidine groups is 1.